The number of nitrogens with zero attached hydrogens (tertiary/aromatic N) is 1. The zero-order valence-electron chi connectivity index (χ0n) is 15.4. The predicted molar refractivity (Wildman–Crippen MR) is 110 cm³/mol. The first-order chi connectivity index (χ1) is 13.0. The van der Waals surface area contributed by atoms with Gasteiger partial charge in [0.1, 0.15) is 5.75 Å². The lowest BCUT2D eigenvalue weighted by atomic mass is 10.0. The molecule has 3 rings (SSSR count). The van der Waals surface area contributed by atoms with Gasteiger partial charge in [0.05, 0.1) is 23.6 Å². The number of rotatable bonds is 6. The molecule has 1 fully saturated rings. The van der Waals surface area contributed by atoms with Gasteiger partial charge in [0.2, 0.25) is 5.91 Å². The van der Waals surface area contributed by atoms with Crippen LogP contribution in [0.2, 0.25) is 10.0 Å². The van der Waals surface area contributed by atoms with Gasteiger partial charge in [-0.2, -0.15) is 0 Å². The molecular weight excluding hydrogens is 383 g/mol. The van der Waals surface area contributed by atoms with Crippen molar-refractivity contribution < 1.29 is 9.53 Å². The van der Waals surface area contributed by atoms with Crippen molar-refractivity contribution in [2.75, 3.05) is 20.2 Å². The Morgan fingerprint density at radius 2 is 1.89 bits per heavy atom. The number of likely N-dealkylation sites (tertiary alicyclic amines) is 1. The number of carbonyl (C=O) groups excluding carboxylic acids is 1. The molecule has 0 spiro atoms. The number of amides is 1. The number of methoxy groups -OCH3 is 1. The standard InChI is InChI=1S/C21H24Cl2N2O2/c1-27-20-5-3-2-4-16(20)13-21(26)24-17-8-10-25(11-9-17)14-15-6-7-18(22)19(23)12-15/h2-7,12,17H,8-11,13-14H2,1H3,(H,24,26). The smallest absolute Gasteiger partial charge is 0.224 e. The van der Waals surface area contributed by atoms with Gasteiger partial charge in [-0.05, 0) is 36.6 Å². The fourth-order valence-corrected chi connectivity index (χ4v) is 3.75. The summed E-state index contributed by atoms with van der Waals surface area (Å²) in [5.74, 6) is 0.798. The van der Waals surface area contributed by atoms with Crippen molar-refractivity contribution in [2.45, 2.75) is 31.8 Å². The van der Waals surface area contributed by atoms with Gasteiger partial charge < -0.3 is 10.1 Å². The van der Waals surface area contributed by atoms with Crippen LogP contribution in [0.5, 0.6) is 5.75 Å². The number of benzene rings is 2. The lowest BCUT2D eigenvalue weighted by molar-refractivity contribution is -0.121. The lowest BCUT2D eigenvalue weighted by Crippen LogP contribution is -2.44. The van der Waals surface area contributed by atoms with Crippen LogP contribution in [0.25, 0.3) is 0 Å². The normalized spacial score (nSPS) is 15.5. The Balaban J connectivity index is 1.46. The van der Waals surface area contributed by atoms with Gasteiger partial charge in [0.15, 0.2) is 0 Å². The maximum Gasteiger partial charge on any atom is 0.224 e. The van der Waals surface area contributed by atoms with E-state index in [1.165, 1.54) is 0 Å². The molecule has 0 radical (unpaired) electrons. The molecule has 1 aliphatic heterocycles. The summed E-state index contributed by atoms with van der Waals surface area (Å²) in [5, 5.41) is 4.33. The molecule has 0 aliphatic carbocycles. The third kappa shape index (κ3) is 5.61. The lowest BCUT2D eigenvalue weighted by Gasteiger charge is -2.32. The molecular formula is C21H24Cl2N2O2. The number of halogens is 2. The van der Waals surface area contributed by atoms with Crippen molar-refractivity contribution in [1.82, 2.24) is 10.2 Å². The van der Waals surface area contributed by atoms with E-state index in [4.69, 9.17) is 27.9 Å². The van der Waals surface area contributed by atoms with Gasteiger partial charge in [-0.1, -0.05) is 47.5 Å². The van der Waals surface area contributed by atoms with E-state index in [1.54, 1.807) is 7.11 Å². The molecule has 1 aliphatic rings. The van der Waals surface area contributed by atoms with Crippen molar-refractivity contribution in [2.24, 2.45) is 0 Å². The Morgan fingerprint density at radius 1 is 1.15 bits per heavy atom. The van der Waals surface area contributed by atoms with Crippen LogP contribution < -0.4 is 10.1 Å². The highest BCUT2D eigenvalue weighted by Crippen LogP contribution is 2.24. The van der Waals surface area contributed by atoms with E-state index in [-0.39, 0.29) is 11.9 Å². The first-order valence-electron chi connectivity index (χ1n) is 9.12. The average molecular weight is 407 g/mol. The van der Waals surface area contributed by atoms with Crippen LogP contribution in [-0.4, -0.2) is 37.0 Å². The first-order valence-corrected chi connectivity index (χ1v) is 9.88. The fraction of sp³-hybridized carbons (Fsp3) is 0.381. The third-order valence-electron chi connectivity index (χ3n) is 4.89. The molecule has 1 saturated heterocycles. The van der Waals surface area contributed by atoms with Crippen molar-refractivity contribution in [1.29, 1.82) is 0 Å². The van der Waals surface area contributed by atoms with E-state index in [0.717, 1.165) is 49.4 Å². The SMILES string of the molecule is COc1ccccc1CC(=O)NC1CCN(Cc2ccc(Cl)c(Cl)c2)CC1. The van der Waals surface area contributed by atoms with Crippen LogP contribution in [0, 0.1) is 0 Å². The highest BCUT2D eigenvalue weighted by molar-refractivity contribution is 6.42. The quantitative estimate of drug-likeness (QED) is 0.775. The molecule has 2 aromatic rings. The Bertz CT molecular complexity index is 790. The Morgan fingerprint density at radius 3 is 2.59 bits per heavy atom. The number of piperidine rings is 1. The van der Waals surface area contributed by atoms with E-state index < -0.39 is 0 Å². The molecule has 1 N–H and O–H groups in total. The summed E-state index contributed by atoms with van der Waals surface area (Å²) in [6.07, 6.45) is 2.23. The minimum absolute atomic E-state index is 0.0439. The van der Waals surface area contributed by atoms with Crippen LogP contribution in [0.4, 0.5) is 0 Å². The average Bonchev–Trinajstić information content (AvgIpc) is 2.67. The summed E-state index contributed by atoms with van der Waals surface area (Å²) in [6, 6.07) is 13.6. The Labute approximate surface area is 170 Å². The maximum absolute atomic E-state index is 12.4. The molecule has 4 nitrogen and oxygen atoms in total. The van der Waals surface area contributed by atoms with E-state index in [2.05, 4.69) is 10.2 Å². The molecule has 27 heavy (non-hydrogen) atoms. The molecule has 0 bridgehead atoms. The summed E-state index contributed by atoms with van der Waals surface area (Å²) < 4.78 is 5.32. The highest BCUT2D eigenvalue weighted by atomic mass is 35.5. The van der Waals surface area contributed by atoms with Crippen molar-refractivity contribution in [3.05, 3.63) is 63.6 Å². The van der Waals surface area contributed by atoms with E-state index >= 15 is 0 Å². The Hall–Kier alpha value is -1.75. The van der Waals surface area contributed by atoms with Gasteiger partial charge in [-0.25, -0.2) is 0 Å². The fourth-order valence-electron chi connectivity index (χ4n) is 3.43. The zero-order chi connectivity index (χ0) is 19.2. The second kappa shape index (κ2) is 9.45. The van der Waals surface area contributed by atoms with Crippen LogP contribution >= 0.6 is 23.2 Å². The van der Waals surface area contributed by atoms with E-state index in [1.807, 2.05) is 42.5 Å². The number of nitrogens with one attached hydrogen (secondary N) is 1. The highest BCUT2D eigenvalue weighted by Gasteiger charge is 2.21. The third-order valence-corrected chi connectivity index (χ3v) is 5.63. The van der Waals surface area contributed by atoms with Crippen LogP contribution in [0.15, 0.2) is 42.5 Å². The van der Waals surface area contributed by atoms with Gasteiger partial charge in [0.25, 0.3) is 0 Å². The van der Waals surface area contributed by atoms with Gasteiger partial charge in [0, 0.05) is 31.2 Å². The van der Waals surface area contributed by atoms with Crippen molar-refractivity contribution in [3.8, 4) is 5.75 Å². The van der Waals surface area contributed by atoms with Crippen molar-refractivity contribution in [3.63, 3.8) is 0 Å². The monoisotopic (exact) mass is 406 g/mol. The summed E-state index contributed by atoms with van der Waals surface area (Å²) in [7, 11) is 1.63. The summed E-state index contributed by atoms with van der Waals surface area (Å²) in [4.78, 5) is 14.8. The maximum atomic E-state index is 12.4. The number of hydrogen-bond donors (Lipinski definition) is 1. The van der Waals surface area contributed by atoms with Crippen LogP contribution in [0.3, 0.4) is 0 Å². The topological polar surface area (TPSA) is 41.6 Å². The number of carbonyl (C=O) groups is 1. The Kier molecular flexibility index (Phi) is 7.00. The number of ether oxygens (including phenoxy) is 1. The molecule has 1 heterocycles. The molecule has 0 atom stereocenters. The molecule has 0 aromatic heterocycles. The van der Waals surface area contributed by atoms with E-state index in [0.29, 0.717) is 16.5 Å². The molecule has 0 unspecified atom stereocenters. The minimum atomic E-state index is 0.0439. The molecule has 0 saturated carbocycles. The summed E-state index contributed by atoms with van der Waals surface area (Å²) >= 11 is 12.1. The second-order valence-electron chi connectivity index (χ2n) is 6.86. The minimum Gasteiger partial charge on any atom is -0.496 e. The molecule has 2 aromatic carbocycles. The van der Waals surface area contributed by atoms with Crippen LogP contribution in [0.1, 0.15) is 24.0 Å². The molecule has 1 amide bonds. The first kappa shape index (κ1) is 20.0. The molecule has 6 heteroatoms. The number of para-hydroxylation sites is 1. The summed E-state index contributed by atoms with van der Waals surface area (Å²) in [5.41, 5.74) is 2.07. The predicted octanol–water partition coefficient (Wildman–Crippen LogP) is 4.33. The van der Waals surface area contributed by atoms with E-state index in [9.17, 15) is 4.79 Å². The van der Waals surface area contributed by atoms with Gasteiger partial charge >= 0.3 is 0 Å². The van der Waals surface area contributed by atoms with Gasteiger partial charge in [-0.15, -0.1) is 0 Å². The molecule has 144 valence electrons. The summed E-state index contributed by atoms with van der Waals surface area (Å²) in [6.45, 7) is 2.73. The largest absolute Gasteiger partial charge is 0.496 e. The number of hydrogen-bond acceptors (Lipinski definition) is 3. The van der Waals surface area contributed by atoms with Crippen molar-refractivity contribution >= 4 is 29.1 Å². The second-order valence-corrected chi connectivity index (χ2v) is 7.67. The van der Waals surface area contributed by atoms with Gasteiger partial charge in [-0.3, -0.25) is 9.69 Å². The van der Waals surface area contributed by atoms with Crippen LogP contribution in [-0.2, 0) is 17.8 Å². The zero-order valence-corrected chi connectivity index (χ0v) is 16.9.